The first kappa shape index (κ1) is 79.7. The van der Waals surface area contributed by atoms with Crippen molar-refractivity contribution >= 4 is 47.1 Å². The highest BCUT2D eigenvalue weighted by molar-refractivity contribution is 5.82. The summed E-state index contributed by atoms with van der Waals surface area (Å²) >= 11 is 0. The van der Waals surface area contributed by atoms with Crippen LogP contribution in [0, 0.1) is 17.8 Å². The van der Waals surface area contributed by atoms with Crippen molar-refractivity contribution in [2.45, 2.75) is 221 Å². The number of nitrogens with one attached hydrogen (secondary N) is 6. The van der Waals surface area contributed by atoms with E-state index in [0.717, 1.165) is 0 Å². The summed E-state index contributed by atoms with van der Waals surface area (Å²) in [4.78, 5) is 108. The van der Waals surface area contributed by atoms with Gasteiger partial charge in [0.2, 0.25) is 41.4 Å². The number of rotatable bonds is 43. The van der Waals surface area contributed by atoms with Gasteiger partial charge >= 0.3 is 0 Å². The molecule has 0 spiro atoms. The van der Waals surface area contributed by atoms with Gasteiger partial charge in [0.25, 0.3) is 0 Å². The molecule has 0 aromatic rings. The van der Waals surface area contributed by atoms with Crippen molar-refractivity contribution in [3.8, 4) is 0 Å². The Balaban J connectivity index is 1.36. The number of likely N-dealkylation sites (tertiary alicyclic amines) is 1. The first-order valence-electron chi connectivity index (χ1n) is 32.2. The van der Waals surface area contributed by atoms with E-state index in [0.29, 0.717) is 19.3 Å². The third kappa shape index (κ3) is 26.8. The van der Waals surface area contributed by atoms with Crippen molar-refractivity contribution in [1.29, 1.82) is 0 Å². The van der Waals surface area contributed by atoms with Gasteiger partial charge in [0.1, 0.15) is 42.4 Å². The van der Waals surface area contributed by atoms with E-state index in [1.807, 2.05) is 0 Å². The van der Waals surface area contributed by atoms with Gasteiger partial charge in [-0.05, 0) is 51.4 Å². The standard InChI is InChI=1S/C60H105N7O25/c1-35-51(80)54(83)41(31-68)90-57(35)87-26-15-46(75)61-21-6-9-39(71)12-18-60(66-49(78)10-5-11-50(79)67-30-40(72)29-38(67)34-86-4,19-13-44(73)62-22-7-24-64-47(76)16-27-88-58-36(2)52(81)55(84)42(32-69)91-58)20-14-45(74)63-23-8-25-65-48(77)17-28-89-59-37(3)53(82)56(85)43(33-70)92-59/h35-38,40-43,51-59,68-70,72,80-85H,5-34H2,1-4H3,(H,61,75)(H,62,73)(H,63,74)(H,64,76)(H,65,77)(H,66,78)/t35?,36?,37?,38-,40+,41?,42?,43?,51+,52+,53+,54-,55-,56-,57+,58+,59+,60?/m0/s1. The molecule has 0 saturated carbocycles. The van der Waals surface area contributed by atoms with E-state index in [4.69, 9.17) is 33.2 Å². The molecule has 32 nitrogen and oxygen atoms in total. The van der Waals surface area contributed by atoms with Crippen LogP contribution in [-0.2, 0) is 71.5 Å². The number of ether oxygens (including phenoxy) is 7. The van der Waals surface area contributed by atoms with Crippen LogP contribution in [0.2, 0.25) is 0 Å². The van der Waals surface area contributed by atoms with Crippen LogP contribution in [0.25, 0.3) is 0 Å². The highest BCUT2D eigenvalue weighted by Gasteiger charge is 2.45. The molecular formula is C60H105N7O25. The summed E-state index contributed by atoms with van der Waals surface area (Å²) in [7, 11) is 1.49. The van der Waals surface area contributed by atoms with Gasteiger partial charge in [-0.15, -0.1) is 0 Å². The molecule has 4 aliphatic heterocycles. The number of carbonyl (C=O) groups excluding carboxylic acids is 8. The summed E-state index contributed by atoms with van der Waals surface area (Å²) in [6.07, 6.45) is -14.1. The van der Waals surface area contributed by atoms with Crippen LogP contribution < -0.4 is 31.9 Å². The molecule has 4 rings (SSSR count). The van der Waals surface area contributed by atoms with E-state index in [1.165, 1.54) is 12.0 Å². The third-order valence-electron chi connectivity index (χ3n) is 17.2. The summed E-state index contributed by atoms with van der Waals surface area (Å²) in [5.74, 6) is -5.02. The number of hydrogen-bond donors (Lipinski definition) is 16. The molecule has 0 bridgehead atoms. The highest BCUT2D eigenvalue weighted by Crippen LogP contribution is 2.31. The number of nitrogens with zero attached hydrogens (tertiary/aromatic N) is 1. The number of aliphatic hydroxyl groups is 10. The number of methoxy groups -OCH3 is 1. The zero-order valence-corrected chi connectivity index (χ0v) is 53.6. The summed E-state index contributed by atoms with van der Waals surface area (Å²) in [6, 6.07) is -0.338. The SMILES string of the molecule is COC[C@@H]1C[C@@H](O)CN1C(=O)CCCC(=O)NC(CCC(=O)CCCNC(=O)CCO[C@@H]1OC(CO)[C@H](O)[C@H](O)C1C)(CCC(=O)NCCCNC(=O)CCO[C@@H]1OC(CO)[C@H](O)[C@H](O)C1C)CCC(=O)NCCCNC(=O)CCO[C@@H]1OC(CO)[C@H](O)[C@H](O)C1C. The number of β-amino-alcohol motifs (C(OH)–C–C–N with tert-alkyl or cyclic N) is 1. The van der Waals surface area contributed by atoms with Crippen molar-refractivity contribution in [2.75, 3.05) is 92.6 Å². The van der Waals surface area contributed by atoms with Crippen LogP contribution in [0.5, 0.6) is 0 Å². The maximum absolute atomic E-state index is 14.0. The fraction of sp³-hybridized carbons (Fsp3) is 0.867. The van der Waals surface area contributed by atoms with Crippen LogP contribution in [0.15, 0.2) is 0 Å². The minimum absolute atomic E-state index is 0.00509. The molecule has 0 radical (unpaired) electrons. The molecule has 4 heterocycles. The molecule has 16 N–H and O–H groups in total. The van der Waals surface area contributed by atoms with Crippen LogP contribution in [0.3, 0.4) is 0 Å². The number of Topliss-reactive ketones (excluding diaryl/α,β-unsaturated/α-hetero) is 1. The Morgan fingerprint density at radius 1 is 0.457 bits per heavy atom. The molecule has 0 aliphatic carbocycles. The Bertz CT molecular complexity index is 2180. The minimum atomic E-state index is -1.34. The molecule has 17 atom stereocenters. The first-order chi connectivity index (χ1) is 43.9. The van der Waals surface area contributed by atoms with Crippen molar-refractivity contribution in [1.82, 2.24) is 36.8 Å². The fourth-order valence-electron chi connectivity index (χ4n) is 11.3. The van der Waals surface area contributed by atoms with Gasteiger partial charge < -0.3 is 121 Å². The second kappa shape index (κ2) is 42.0. The highest BCUT2D eigenvalue weighted by atomic mass is 16.7. The summed E-state index contributed by atoms with van der Waals surface area (Å²) < 4.78 is 38.7. The summed E-state index contributed by atoms with van der Waals surface area (Å²) in [6.45, 7) is 3.89. The molecule has 6 unspecified atom stereocenters. The molecule has 0 aromatic carbocycles. The maximum atomic E-state index is 14.0. The van der Waals surface area contributed by atoms with Crippen LogP contribution in [-0.4, -0.2) is 287 Å². The van der Waals surface area contributed by atoms with Crippen molar-refractivity contribution < 1.29 is 123 Å². The van der Waals surface area contributed by atoms with E-state index in [-0.39, 0.29) is 185 Å². The van der Waals surface area contributed by atoms with Crippen LogP contribution >= 0.6 is 0 Å². The fourth-order valence-corrected chi connectivity index (χ4v) is 11.3. The lowest BCUT2D eigenvalue weighted by Crippen LogP contribution is -2.55. The van der Waals surface area contributed by atoms with E-state index in [1.54, 1.807) is 20.8 Å². The van der Waals surface area contributed by atoms with E-state index in [9.17, 15) is 89.4 Å². The van der Waals surface area contributed by atoms with Crippen LogP contribution in [0.4, 0.5) is 0 Å². The Kier molecular flexibility index (Phi) is 36.4. The van der Waals surface area contributed by atoms with Crippen molar-refractivity contribution in [3.05, 3.63) is 0 Å². The Morgan fingerprint density at radius 3 is 1.21 bits per heavy atom. The number of aliphatic hydroxyl groups excluding tert-OH is 10. The molecule has 530 valence electrons. The van der Waals surface area contributed by atoms with Crippen LogP contribution in [0.1, 0.15) is 130 Å². The van der Waals surface area contributed by atoms with Gasteiger partial charge in [-0.2, -0.15) is 0 Å². The lowest BCUT2D eigenvalue weighted by Gasteiger charge is -2.40. The monoisotopic (exact) mass is 1320 g/mol. The van der Waals surface area contributed by atoms with E-state index >= 15 is 0 Å². The lowest BCUT2D eigenvalue weighted by molar-refractivity contribution is -0.282. The molecule has 0 aromatic heterocycles. The zero-order valence-electron chi connectivity index (χ0n) is 53.6. The largest absolute Gasteiger partial charge is 0.394 e. The number of amides is 7. The summed E-state index contributed by atoms with van der Waals surface area (Å²) in [5.41, 5.74) is -1.34. The lowest BCUT2D eigenvalue weighted by atomic mass is 9.82. The van der Waals surface area contributed by atoms with Crippen molar-refractivity contribution in [3.63, 3.8) is 0 Å². The molecule has 4 aliphatic rings. The van der Waals surface area contributed by atoms with Gasteiger partial charge in [0, 0.05) is 108 Å². The third-order valence-corrected chi connectivity index (χ3v) is 17.2. The minimum Gasteiger partial charge on any atom is -0.394 e. The van der Waals surface area contributed by atoms with Gasteiger partial charge in [-0.25, -0.2) is 0 Å². The Morgan fingerprint density at radius 2 is 0.826 bits per heavy atom. The smallest absolute Gasteiger partial charge is 0.223 e. The average molecular weight is 1320 g/mol. The number of hydrogen-bond acceptors (Lipinski definition) is 25. The predicted octanol–water partition coefficient (Wildman–Crippen LogP) is -4.88. The molecule has 92 heavy (non-hydrogen) atoms. The normalized spacial score (nSPS) is 29.6. The van der Waals surface area contributed by atoms with Gasteiger partial charge in [0.15, 0.2) is 18.9 Å². The quantitative estimate of drug-likeness (QED) is 0.0255. The molecular weight excluding hydrogens is 1220 g/mol. The number of carbonyl (C=O) groups is 8. The van der Waals surface area contributed by atoms with Gasteiger partial charge in [-0.3, -0.25) is 38.4 Å². The maximum Gasteiger partial charge on any atom is 0.223 e. The molecule has 32 heteroatoms. The van der Waals surface area contributed by atoms with E-state index < -0.39 is 147 Å². The first-order valence-corrected chi connectivity index (χ1v) is 32.2. The topological polar surface area (TPSA) is 479 Å². The number of ketones is 1. The second-order valence-electron chi connectivity index (χ2n) is 24.4. The molecule has 4 fully saturated rings. The summed E-state index contributed by atoms with van der Waals surface area (Å²) in [5, 5.41) is 117. The average Bonchev–Trinajstić information content (AvgIpc) is 1.22. The van der Waals surface area contributed by atoms with Gasteiger partial charge in [-0.1, -0.05) is 20.8 Å². The molecule has 4 saturated heterocycles. The van der Waals surface area contributed by atoms with Gasteiger partial charge in [0.05, 0.1) is 96.0 Å². The Hall–Kier alpha value is -4.72. The Labute approximate surface area is 536 Å². The predicted molar refractivity (Wildman–Crippen MR) is 321 cm³/mol. The second-order valence-corrected chi connectivity index (χ2v) is 24.4. The molecule has 7 amide bonds. The zero-order chi connectivity index (χ0) is 67.9. The van der Waals surface area contributed by atoms with Crippen molar-refractivity contribution in [2.24, 2.45) is 17.8 Å². The van der Waals surface area contributed by atoms with E-state index in [2.05, 4.69) is 31.9 Å².